The van der Waals surface area contributed by atoms with Crippen molar-refractivity contribution >= 4 is 28.7 Å². The molecule has 192 valence electrons. The van der Waals surface area contributed by atoms with Crippen LogP contribution in [0.15, 0.2) is 41.2 Å². The van der Waals surface area contributed by atoms with Crippen LogP contribution in [-0.4, -0.2) is 52.1 Å². The van der Waals surface area contributed by atoms with Gasteiger partial charge >= 0.3 is 0 Å². The highest BCUT2D eigenvalue weighted by Gasteiger charge is 2.41. The van der Waals surface area contributed by atoms with Gasteiger partial charge in [0.2, 0.25) is 5.91 Å². The van der Waals surface area contributed by atoms with Gasteiger partial charge in [0.05, 0.1) is 25.6 Å². The molecule has 0 aliphatic carbocycles. The number of aromatic nitrogens is 2. The zero-order valence-electron chi connectivity index (χ0n) is 21.2. The number of halogens is 1. The Labute approximate surface area is 209 Å². The third-order valence-electron chi connectivity index (χ3n) is 5.77. The topological polar surface area (TPSA) is 120 Å². The second-order valence-electron chi connectivity index (χ2n) is 8.77. The quantitative estimate of drug-likeness (QED) is 0.541. The van der Waals surface area contributed by atoms with Gasteiger partial charge in [-0.15, -0.1) is 0 Å². The number of hydrogen-bond donors (Lipinski definition) is 2. The van der Waals surface area contributed by atoms with E-state index in [2.05, 4.69) is 10.3 Å². The van der Waals surface area contributed by atoms with Crippen molar-refractivity contribution in [3.8, 4) is 5.75 Å². The Morgan fingerprint density at radius 3 is 2.42 bits per heavy atom. The second kappa shape index (κ2) is 10.8. The molecule has 0 spiro atoms. The summed E-state index contributed by atoms with van der Waals surface area (Å²) in [4.78, 5) is 44.6. The lowest BCUT2D eigenvalue weighted by molar-refractivity contribution is -0.144. The largest absolute Gasteiger partial charge is 0.496 e. The number of rotatable bonds is 6. The first-order valence-electron chi connectivity index (χ1n) is 11.8. The van der Waals surface area contributed by atoms with Crippen LogP contribution in [0.3, 0.4) is 0 Å². The molecule has 1 aromatic carbocycles. The van der Waals surface area contributed by atoms with E-state index in [1.165, 1.54) is 31.1 Å². The van der Waals surface area contributed by atoms with E-state index in [0.29, 0.717) is 11.1 Å². The van der Waals surface area contributed by atoms with Gasteiger partial charge in [0, 0.05) is 12.6 Å². The highest BCUT2D eigenvalue weighted by molar-refractivity contribution is 5.98. The van der Waals surface area contributed by atoms with E-state index in [0.717, 1.165) is 15.7 Å². The SMILES string of the molecule is CC.COc1cc(N)nc2c1cc(C(=O)NCc1ccc(C)cc1)c(=O)n2CC(=O)N1CC(C)(F)C1. The fourth-order valence-electron chi connectivity index (χ4n) is 3.95. The molecule has 4 rings (SSSR count). The third-order valence-corrected chi connectivity index (χ3v) is 5.77. The molecule has 1 aliphatic heterocycles. The normalized spacial score (nSPS) is 13.9. The van der Waals surface area contributed by atoms with Crippen LogP contribution >= 0.6 is 0 Å². The number of methoxy groups -OCH3 is 1. The number of benzene rings is 1. The van der Waals surface area contributed by atoms with E-state index < -0.39 is 29.6 Å². The van der Waals surface area contributed by atoms with Crippen LogP contribution in [0.5, 0.6) is 5.75 Å². The van der Waals surface area contributed by atoms with Crippen LogP contribution in [0.2, 0.25) is 0 Å². The first-order chi connectivity index (χ1) is 17.1. The minimum atomic E-state index is -1.45. The zero-order valence-corrected chi connectivity index (χ0v) is 21.2. The number of carbonyl (C=O) groups excluding carboxylic acids is 2. The summed E-state index contributed by atoms with van der Waals surface area (Å²) in [7, 11) is 1.42. The number of carbonyl (C=O) groups is 2. The summed E-state index contributed by atoms with van der Waals surface area (Å²) in [5.41, 5.74) is 5.61. The minimum absolute atomic E-state index is 0.0614. The van der Waals surface area contributed by atoms with E-state index in [-0.39, 0.29) is 36.7 Å². The molecule has 1 fully saturated rings. The maximum Gasteiger partial charge on any atom is 0.265 e. The van der Waals surface area contributed by atoms with Gasteiger partial charge in [-0.25, -0.2) is 9.37 Å². The Bertz CT molecular complexity index is 1330. The zero-order chi connectivity index (χ0) is 26.6. The first kappa shape index (κ1) is 26.7. The molecule has 3 aromatic rings. The molecule has 1 saturated heterocycles. The number of nitrogens with two attached hydrogens (primary N) is 1. The van der Waals surface area contributed by atoms with Gasteiger partial charge in [0.25, 0.3) is 11.5 Å². The van der Waals surface area contributed by atoms with Crippen LogP contribution in [-0.2, 0) is 17.9 Å². The number of alkyl halides is 1. The summed E-state index contributed by atoms with van der Waals surface area (Å²) in [5.74, 6) is -0.676. The van der Waals surface area contributed by atoms with Gasteiger partial charge in [-0.05, 0) is 25.5 Å². The molecule has 0 atom stereocenters. The summed E-state index contributed by atoms with van der Waals surface area (Å²) >= 11 is 0. The van der Waals surface area contributed by atoms with Crippen molar-refractivity contribution in [2.75, 3.05) is 25.9 Å². The Morgan fingerprint density at radius 2 is 1.83 bits per heavy atom. The summed E-state index contributed by atoms with van der Waals surface area (Å²) in [5, 5.41) is 3.09. The molecule has 2 amide bonds. The third kappa shape index (κ3) is 5.64. The number of likely N-dealkylation sites (tertiary alicyclic amines) is 1. The lowest BCUT2D eigenvalue weighted by Gasteiger charge is -2.42. The molecular formula is C26H32FN5O4. The Hall–Kier alpha value is -3.95. The van der Waals surface area contributed by atoms with Gasteiger partial charge < -0.3 is 20.7 Å². The van der Waals surface area contributed by atoms with Crippen molar-refractivity contribution in [2.45, 2.75) is 46.5 Å². The molecule has 36 heavy (non-hydrogen) atoms. The number of pyridine rings is 2. The lowest BCUT2D eigenvalue weighted by atomic mass is 9.99. The number of nitrogens with zero attached hydrogens (tertiary/aromatic N) is 3. The monoisotopic (exact) mass is 497 g/mol. The number of ether oxygens (including phenoxy) is 1. The van der Waals surface area contributed by atoms with Gasteiger partial charge in [0.15, 0.2) is 0 Å². The highest BCUT2D eigenvalue weighted by atomic mass is 19.1. The average molecular weight is 498 g/mol. The molecular weight excluding hydrogens is 465 g/mol. The van der Waals surface area contributed by atoms with E-state index >= 15 is 0 Å². The van der Waals surface area contributed by atoms with E-state index in [9.17, 15) is 18.8 Å². The number of aryl methyl sites for hydroxylation is 1. The molecule has 0 unspecified atom stereocenters. The number of fused-ring (bicyclic) bond motifs is 1. The molecule has 0 bridgehead atoms. The van der Waals surface area contributed by atoms with Gasteiger partial charge in [-0.2, -0.15) is 0 Å². The van der Waals surface area contributed by atoms with Crippen LogP contribution in [0.1, 0.15) is 42.3 Å². The van der Waals surface area contributed by atoms with Crippen molar-refractivity contribution in [3.63, 3.8) is 0 Å². The van der Waals surface area contributed by atoms with E-state index in [1.807, 2.05) is 45.0 Å². The average Bonchev–Trinajstić information content (AvgIpc) is 2.84. The van der Waals surface area contributed by atoms with Crippen molar-refractivity contribution < 1.29 is 18.7 Å². The smallest absolute Gasteiger partial charge is 0.265 e. The summed E-state index contributed by atoms with van der Waals surface area (Å²) < 4.78 is 20.4. The van der Waals surface area contributed by atoms with Crippen LogP contribution < -0.4 is 21.3 Å². The van der Waals surface area contributed by atoms with E-state index in [4.69, 9.17) is 10.5 Å². The second-order valence-corrected chi connectivity index (χ2v) is 8.77. The fourth-order valence-corrected chi connectivity index (χ4v) is 3.95. The summed E-state index contributed by atoms with van der Waals surface area (Å²) in [6.07, 6.45) is 0. The van der Waals surface area contributed by atoms with Crippen molar-refractivity contribution in [3.05, 3.63) is 63.4 Å². The predicted molar refractivity (Wildman–Crippen MR) is 137 cm³/mol. The number of anilines is 1. The standard InChI is InChI=1S/C24H26FN5O4.C2H6/c1-14-4-6-15(7-5-14)10-27-22(32)17-8-16-18(34-3)9-19(26)28-21(16)30(23(17)33)11-20(31)29-12-24(2,25)13-29;1-2/h4-9H,10-13H2,1-3H3,(H2,26,28)(H,27,32);1-2H3. The lowest BCUT2D eigenvalue weighted by Crippen LogP contribution is -2.60. The highest BCUT2D eigenvalue weighted by Crippen LogP contribution is 2.28. The van der Waals surface area contributed by atoms with Gasteiger partial charge in [-0.3, -0.25) is 19.0 Å². The Kier molecular flexibility index (Phi) is 7.96. The molecule has 0 saturated carbocycles. The fraction of sp³-hybridized carbons (Fsp3) is 0.385. The molecule has 10 heteroatoms. The van der Waals surface area contributed by atoms with Crippen LogP contribution in [0, 0.1) is 6.92 Å². The molecule has 3 heterocycles. The molecule has 3 N–H and O–H groups in total. The van der Waals surface area contributed by atoms with Crippen molar-refractivity contribution in [2.24, 2.45) is 0 Å². The molecule has 0 radical (unpaired) electrons. The minimum Gasteiger partial charge on any atom is -0.496 e. The molecule has 1 aliphatic rings. The number of hydrogen-bond acceptors (Lipinski definition) is 6. The Balaban J connectivity index is 0.00000176. The van der Waals surface area contributed by atoms with Crippen molar-refractivity contribution in [1.82, 2.24) is 19.8 Å². The summed E-state index contributed by atoms with van der Waals surface area (Å²) in [6.45, 7) is 7.05. The number of nitrogen functional groups attached to an aromatic ring is 1. The first-order valence-corrected chi connectivity index (χ1v) is 11.8. The summed E-state index contributed by atoms with van der Waals surface area (Å²) in [6, 6.07) is 10.5. The van der Waals surface area contributed by atoms with Gasteiger partial charge in [-0.1, -0.05) is 43.7 Å². The van der Waals surface area contributed by atoms with E-state index in [1.54, 1.807) is 0 Å². The number of amides is 2. The Morgan fingerprint density at radius 1 is 1.19 bits per heavy atom. The van der Waals surface area contributed by atoms with Crippen LogP contribution in [0.4, 0.5) is 10.2 Å². The maximum atomic E-state index is 13.9. The molecule has 2 aromatic heterocycles. The maximum absolute atomic E-state index is 13.9. The molecule has 9 nitrogen and oxygen atoms in total. The van der Waals surface area contributed by atoms with Crippen molar-refractivity contribution in [1.29, 1.82) is 0 Å². The number of nitrogens with one attached hydrogen (secondary N) is 1. The predicted octanol–water partition coefficient (Wildman–Crippen LogP) is 2.82. The van der Waals surface area contributed by atoms with Crippen LogP contribution in [0.25, 0.3) is 11.0 Å². The van der Waals surface area contributed by atoms with Gasteiger partial charge in [0.1, 0.15) is 35.0 Å².